The van der Waals surface area contributed by atoms with E-state index >= 15 is 0 Å². The molecule has 0 saturated carbocycles. The highest BCUT2D eigenvalue weighted by Gasteiger charge is 2.10. The summed E-state index contributed by atoms with van der Waals surface area (Å²) in [5.41, 5.74) is 9.99. The Morgan fingerprint density at radius 2 is 2.00 bits per heavy atom. The lowest BCUT2D eigenvalue weighted by Crippen LogP contribution is -2.09. The van der Waals surface area contributed by atoms with Gasteiger partial charge in [0.25, 0.3) is 0 Å². The molecule has 0 amide bonds. The van der Waals surface area contributed by atoms with Gasteiger partial charge in [-0.05, 0) is 38.5 Å². The van der Waals surface area contributed by atoms with Gasteiger partial charge in [-0.3, -0.25) is 0 Å². The number of hydrogen-bond acceptors (Lipinski definition) is 3. The molecule has 2 N–H and O–H groups in total. The Labute approximate surface area is 116 Å². The zero-order valence-corrected chi connectivity index (χ0v) is 12.3. The summed E-state index contributed by atoms with van der Waals surface area (Å²) < 4.78 is 1.01. The van der Waals surface area contributed by atoms with Crippen molar-refractivity contribution in [1.82, 2.24) is 9.97 Å². The highest BCUT2D eigenvalue weighted by Crippen LogP contribution is 2.27. The number of hydrogen-bond donors (Lipinski definition) is 1. The highest BCUT2D eigenvalue weighted by molar-refractivity contribution is 9.10. The van der Waals surface area contributed by atoms with Crippen LogP contribution in [0.1, 0.15) is 29.8 Å². The summed E-state index contributed by atoms with van der Waals surface area (Å²) in [5.74, 6) is 0.726. The maximum atomic E-state index is 5.86. The van der Waals surface area contributed by atoms with Crippen LogP contribution in [0.5, 0.6) is 0 Å². The molecule has 2 aromatic rings. The second-order valence-corrected chi connectivity index (χ2v) is 5.36. The highest BCUT2D eigenvalue weighted by atomic mass is 79.9. The van der Waals surface area contributed by atoms with Gasteiger partial charge in [-0.25, -0.2) is 9.97 Å². The van der Waals surface area contributed by atoms with Gasteiger partial charge in [0.2, 0.25) is 0 Å². The average molecular weight is 306 g/mol. The van der Waals surface area contributed by atoms with Crippen molar-refractivity contribution in [3.63, 3.8) is 0 Å². The molecule has 3 nitrogen and oxygen atoms in total. The van der Waals surface area contributed by atoms with Gasteiger partial charge in [0.05, 0.1) is 0 Å². The van der Waals surface area contributed by atoms with Crippen LogP contribution in [-0.4, -0.2) is 9.97 Å². The molecule has 0 aliphatic heterocycles. The number of benzene rings is 1. The van der Waals surface area contributed by atoms with Crippen LogP contribution in [0.2, 0.25) is 0 Å². The van der Waals surface area contributed by atoms with Crippen LogP contribution < -0.4 is 5.73 Å². The van der Waals surface area contributed by atoms with E-state index in [1.807, 2.05) is 26.1 Å². The van der Waals surface area contributed by atoms with E-state index in [0.29, 0.717) is 0 Å². The van der Waals surface area contributed by atoms with Crippen LogP contribution in [-0.2, 0) is 0 Å². The van der Waals surface area contributed by atoms with Crippen molar-refractivity contribution in [2.24, 2.45) is 5.73 Å². The Balaban J connectivity index is 2.49. The van der Waals surface area contributed by atoms with Gasteiger partial charge in [0, 0.05) is 33.5 Å². The van der Waals surface area contributed by atoms with Crippen LogP contribution in [0.4, 0.5) is 0 Å². The first kappa shape index (κ1) is 13.2. The van der Waals surface area contributed by atoms with Crippen molar-refractivity contribution in [3.05, 3.63) is 45.7 Å². The number of rotatable bonds is 2. The standard InChI is InChI=1S/C14H16BrN3/c1-8-4-5-11(13(15)6-8)14-17-7-12(9(2)16)10(3)18-14/h4-7,9H,16H2,1-3H3. The summed E-state index contributed by atoms with van der Waals surface area (Å²) in [6.07, 6.45) is 1.81. The molecule has 1 aromatic carbocycles. The first-order chi connectivity index (χ1) is 8.49. The van der Waals surface area contributed by atoms with Gasteiger partial charge >= 0.3 is 0 Å². The Hall–Kier alpha value is -1.26. The van der Waals surface area contributed by atoms with Crippen LogP contribution in [0, 0.1) is 13.8 Å². The third kappa shape index (κ3) is 2.60. The van der Waals surface area contributed by atoms with Gasteiger partial charge in [-0.15, -0.1) is 0 Å². The Bertz CT molecular complexity index is 579. The number of aromatic nitrogens is 2. The summed E-state index contributed by atoms with van der Waals surface area (Å²) in [6, 6.07) is 6.10. The van der Waals surface area contributed by atoms with Crippen molar-refractivity contribution in [1.29, 1.82) is 0 Å². The van der Waals surface area contributed by atoms with E-state index in [9.17, 15) is 0 Å². The summed E-state index contributed by atoms with van der Waals surface area (Å²) in [5, 5.41) is 0. The average Bonchev–Trinajstić information content (AvgIpc) is 2.28. The molecule has 1 unspecified atom stereocenters. The molecule has 0 spiro atoms. The summed E-state index contributed by atoms with van der Waals surface area (Å²) >= 11 is 3.55. The summed E-state index contributed by atoms with van der Waals surface area (Å²) in [7, 11) is 0. The number of nitrogens with zero attached hydrogens (tertiary/aromatic N) is 2. The minimum Gasteiger partial charge on any atom is -0.324 e. The fraction of sp³-hybridized carbons (Fsp3) is 0.286. The largest absolute Gasteiger partial charge is 0.324 e. The van der Waals surface area contributed by atoms with E-state index in [1.54, 1.807) is 0 Å². The molecule has 0 fully saturated rings. The molecule has 0 saturated heterocycles. The molecule has 94 valence electrons. The molecular formula is C14H16BrN3. The molecule has 0 radical (unpaired) electrons. The maximum Gasteiger partial charge on any atom is 0.160 e. The van der Waals surface area contributed by atoms with Gasteiger partial charge in [-0.1, -0.05) is 22.0 Å². The van der Waals surface area contributed by atoms with E-state index in [-0.39, 0.29) is 6.04 Å². The van der Waals surface area contributed by atoms with Crippen LogP contribution in [0.15, 0.2) is 28.9 Å². The molecule has 0 aliphatic rings. The molecule has 1 aromatic heterocycles. The third-order valence-electron chi connectivity index (χ3n) is 2.87. The topological polar surface area (TPSA) is 51.8 Å². The fourth-order valence-electron chi connectivity index (χ4n) is 1.85. The molecule has 1 atom stereocenters. The molecule has 0 aliphatic carbocycles. The lowest BCUT2D eigenvalue weighted by molar-refractivity contribution is 0.790. The summed E-state index contributed by atoms with van der Waals surface area (Å²) in [6.45, 7) is 5.96. The fourth-order valence-corrected chi connectivity index (χ4v) is 2.53. The molecule has 2 rings (SSSR count). The number of nitrogens with two attached hydrogens (primary N) is 1. The smallest absolute Gasteiger partial charge is 0.160 e. The van der Waals surface area contributed by atoms with Crippen LogP contribution in [0.25, 0.3) is 11.4 Å². The Kier molecular flexibility index (Phi) is 3.78. The van der Waals surface area contributed by atoms with Crippen molar-refractivity contribution in [3.8, 4) is 11.4 Å². The van der Waals surface area contributed by atoms with Gasteiger partial charge in [0.1, 0.15) is 0 Å². The van der Waals surface area contributed by atoms with Gasteiger partial charge < -0.3 is 5.73 Å². The molecule has 4 heteroatoms. The van der Waals surface area contributed by atoms with E-state index < -0.39 is 0 Å². The van der Waals surface area contributed by atoms with E-state index in [4.69, 9.17) is 5.73 Å². The minimum atomic E-state index is -0.0412. The third-order valence-corrected chi connectivity index (χ3v) is 3.53. The van der Waals surface area contributed by atoms with Crippen LogP contribution >= 0.6 is 15.9 Å². The molecular weight excluding hydrogens is 290 g/mol. The second kappa shape index (κ2) is 5.16. The zero-order valence-electron chi connectivity index (χ0n) is 10.7. The van der Waals surface area contributed by atoms with Gasteiger partial charge in [0.15, 0.2) is 5.82 Å². The predicted octanol–water partition coefficient (Wildman–Crippen LogP) is 3.54. The SMILES string of the molecule is Cc1ccc(-c2ncc(C(C)N)c(C)n2)c(Br)c1. The van der Waals surface area contributed by atoms with Gasteiger partial charge in [-0.2, -0.15) is 0 Å². The van der Waals surface area contributed by atoms with Crippen molar-refractivity contribution in [2.75, 3.05) is 0 Å². The van der Waals surface area contributed by atoms with E-state index in [1.165, 1.54) is 5.56 Å². The Morgan fingerprint density at radius 3 is 2.56 bits per heavy atom. The van der Waals surface area contributed by atoms with Crippen molar-refractivity contribution in [2.45, 2.75) is 26.8 Å². The predicted molar refractivity (Wildman–Crippen MR) is 77.2 cm³/mol. The maximum absolute atomic E-state index is 5.86. The number of halogens is 1. The van der Waals surface area contributed by atoms with Crippen LogP contribution in [0.3, 0.4) is 0 Å². The monoisotopic (exact) mass is 305 g/mol. The zero-order chi connectivity index (χ0) is 13.3. The molecule has 1 heterocycles. The normalized spacial score (nSPS) is 12.5. The summed E-state index contributed by atoms with van der Waals surface area (Å²) in [4.78, 5) is 8.93. The van der Waals surface area contributed by atoms with Crippen molar-refractivity contribution >= 4 is 15.9 Å². The number of aryl methyl sites for hydroxylation is 2. The first-order valence-electron chi connectivity index (χ1n) is 5.84. The molecule has 18 heavy (non-hydrogen) atoms. The lowest BCUT2D eigenvalue weighted by Gasteiger charge is -2.10. The lowest BCUT2D eigenvalue weighted by atomic mass is 10.1. The first-order valence-corrected chi connectivity index (χ1v) is 6.64. The minimum absolute atomic E-state index is 0.0412. The van der Waals surface area contributed by atoms with E-state index in [0.717, 1.165) is 27.1 Å². The second-order valence-electron chi connectivity index (χ2n) is 4.51. The molecule has 0 bridgehead atoms. The quantitative estimate of drug-likeness (QED) is 0.923. The van der Waals surface area contributed by atoms with Crippen molar-refractivity contribution < 1.29 is 0 Å². The Morgan fingerprint density at radius 1 is 1.28 bits per heavy atom. The van der Waals surface area contributed by atoms with E-state index in [2.05, 4.69) is 45.0 Å².